The van der Waals surface area contributed by atoms with Gasteiger partial charge in [-0.1, -0.05) is 60.7 Å². The molecule has 4 nitrogen and oxygen atoms in total. The molecule has 0 saturated heterocycles. The lowest BCUT2D eigenvalue weighted by Gasteiger charge is -2.17. The Balaban J connectivity index is 1.61. The Bertz CT molecular complexity index is 1390. The summed E-state index contributed by atoms with van der Waals surface area (Å²) in [6, 6.07) is 27.7. The van der Waals surface area contributed by atoms with E-state index < -0.39 is 12.0 Å². The van der Waals surface area contributed by atoms with Crippen molar-refractivity contribution in [2.75, 3.05) is 12.0 Å². The third-order valence-electron chi connectivity index (χ3n) is 6.10. The second kappa shape index (κ2) is 12.2. The number of nitrogens with one attached hydrogen (secondary N) is 1. The number of carboxylic acids is 1. The van der Waals surface area contributed by atoms with Crippen LogP contribution < -0.4 is 5.32 Å². The van der Waals surface area contributed by atoms with Crippen LogP contribution in [0.1, 0.15) is 27.9 Å². The van der Waals surface area contributed by atoms with Gasteiger partial charge in [-0.15, -0.1) is 11.8 Å². The molecule has 0 bridgehead atoms. The first-order valence-corrected chi connectivity index (χ1v) is 14.2. The number of carbonyl (C=O) groups is 2. The summed E-state index contributed by atoms with van der Waals surface area (Å²) < 4.78 is 0. The highest BCUT2D eigenvalue weighted by Gasteiger charge is 2.22. The van der Waals surface area contributed by atoms with E-state index in [-0.39, 0.29) is 5.91 Å². The van der Waals surface area contributed by atoms with Crippen molar-refractivity contribution in [3.63, 3.8) is 0 Å². The first-order chi connectivity index (χ1) is 17.5. The minimum atomic E-state index is -1.02. The largest absolute Gasteiger partial charge is 0.480 e. The van der Waals surface area contributed by atoms with Crippen LogP contribution in [-0.2, 0) is 10.5 Å². The lowest BCUT2D eigenvalue weighted by atomic mass is 9.94. The Kier molecular flexibility index (Phi) is 8.73. The number of carbonyl (C=O) groups excluding carboxylic acids is 1. The van der Waals surface area contributed by atoms with E-state index in [4.69, 9.17) is 0 Å². The molecular formula is C30H29NO3S2. The van der Waals surface area contributed by atoms with Gasteiger partial charge in [0.05, 0.1) is 0 Å². The molecule has 0 fully saturated rings. The molecule has 0 aromatic heterocycles. The van der Waals surface area contributed by atoms with Crippen LogP contribution in [-0.4, -0.2) is 35.0 Å². The summed E-state index contributed by atoms with van der Waals surface area (Å²) in [6.07, 6.45) is 2.30. The third-order valence-corrected chi connectivity index (χ3v) is 7.81. The maximum Gasteiger partial charge on any atom is 0.326 e. The van der Waals surface area contributed by atoms with E-state index in [0.717, 1.165) is 28.0 Å². The topological polar surface area (TPSA) is 66.4 Å². The van der Waals surface area contributed by atoms with E-state index >= 15 is 0 Å². The fraction of sp³-hybridized carbons (Fsp3) is 0.200. The zero-order chi connectivity index (χ0) is 25.5. The number of rotatable bonds is 10. The maximum absolute atomic E-state index is 13.3. The molecule has 4 aromatic carbocycles. The van der Waals surface area contributed by atoms with Crippen LogP contribution in [0.4, 0.5) is 0 Å². The van der Waals surface area contributed by atoms with Crippen molar-refractivity contribution in [2.24, 2.45) is 0 Å². The van der Waals surface area contributed by atoms with Gasteiger partial charge in [-0.2, -0.15) is 11.8 Å². The van der Waals surface area contributed by atoms with Crippen molar-refractivity contribution >= 4 is 46.2 Å². The second-order valence-electron chi connectivity index (χ2n) is 8.64. The highest BCUT2D eigenvalue weighted by molar-refractivity contribution is 7.98. The summed E-state index contributed by atoms with van der Waals surface area (Å²) in [5.74, 6) is 0.0333. The van der Waals surface area contributed by atoms with E-state index in [9.17, 15) is 14.7 Å². The smallest absolute Gasteiger partial charge is 0.326 e. The lowest BCUT2D eigenvalue weighted by molar-refractivity contribution is -0.139. The predicted octanol–water partition coefficient (Wildman–Crippen LogP) is 7.04. The molecule has 0 aliphatic carbocycles. The zero-order valence-corrected chi connectivity index (χ0v) is 22.0. The molecule has 6 heteroatoms. The first-order valence-electron chi connectivity index (χ1n) is 11.8. The average molecular weight is 516 g/mol. The maximum atomic E-state index is 13.3. The SMILES string of the molecule is CSCCC(NC(=O)c1ccc(CSc2ccc3ccccc3c2)cc1-c1ccccc1C)C(=O)O. The van der Waals surface area contributed by atoms with E-state index in [1.807, 2.05) is 61.7 Å². The van der Waals surface area contributed by atoms with E-state index in [0.29, 0.717) is 17.7 Å². The summed E-state index contributed by atoms with van der Waals surface area (Å²) in [6.45, 7) is 2.02. The Morgan fingerprint density at radius 2 is 1.64 bits per heavy atom. The molecule has 0 spiro atoms. The number of benzene rings is 4. The van der Waals surface area contributed by atoms with Gasteiger partial charge in [-0.25, -0.2) is 4.79 Å². The summed E-state index contributed by atoms with van der Waals surface area (Å²) in [7, 11) is 0. The predicted molar refractivity (Wildman–Crippen MR) is 152 cm³/mol. The van der Waals surface area contributed by atoms with Crippen molar-refractivity contribution in [1.29, 1.82) is 0 Å². The monoisotopic (exact) mass is 515 g/mol. The van der Waals surface area contributed by atoms with Gasteiger partial charge < -0.3 is 10.4 Å². The fourth-order valence-electron chi connectivity index (χ4n) is 4.13. The standard InChI is InChI=1S/C30H29NO3S2/c1-20-7-3-6-10-25(20)27-17-21(19-36-24-13-12-22-8-4-5-9-23(22)18-24)11-14-26(27)29(32)31-28(30(33)34)15-16-35-2/h3-14,17-18,28H,15-16,19H2,1-2H3,(H,31,32)(H,33,34). The van der Waals surface area contributed by atoms with Gasteiger partial charge in [-0.3, -0.25) is 4.79 Å². The van der Waals surface area contributed by atoms with Gasteiger partial charge in [0.2, 0.25) is 0 Å². The number of hydrogen-bond acceptors (Lipinski definition) is 4. The summed E-state index contributed by atoms with van der Waals surface area (Å²) in [5, 5.41) is 14.8. The van der Waals surface area contributed by atoms with Crippen LogP contribution in [0.3, 0.4) is 0 Å². The number of thioether (sulfide) groups is 2. The minimum absolute atomic E-state index is 0.365. The van der Waals surface area contributed by atoms with Crippen molar-refractivity contribution in [3.05, 3.63) is 102 Å². The second-order valence-corrected chi connectivity index (χ2v) is 10.7. The molecule has 36 heavy (non-hydrogen) atoms. The minimum Gasteiger partial charge on any atom is -0.480 e. The van der Waals surface area contributed by atoms with Gasteiger partial charge >= 0.3 is 5.97 Å². The number of aryl methyl sites for hydroxylation is 1. The molecule has 184 valence electrons. The van der Waals surface area contributed by atoms with Crippen molar-refractivity contribution in [2.45, 2.75) is 30.0 Å². The van der Waals surface area contributed by atoms with Gasteiger partial charge in [0, 0.05) is 16.2 Å². The van der Waals surface area contributed by atoms with Crippen molar-refractivity contribution < 1.29 is 14.7 Å². The van der Waals surface area contributed by atoms with Gasteiger partial charge in [-0.05, 0) is 82.6 Å². The molecule has 0 heterocycles. The van der Waals surface area contributed by atoms with Crippen molar-refractivity contribution in [3.8, 4) is 11.1 Å². The Morgan fingerprint density at radius 1 is 0.889 bits per heavy atom. The molecule has 0 aliphatic rings. The van der Waals surface area contributed by atoms with Crippen LogP contribution >= 0.6 is 23.5 Å². The molecule has 1 unspecified atom stereocenters. The average Bonchev–Trinajstić information content (AvgIpc) is 2.89. The normalized spacial score (nSPS) is 11.8. The highest BCUT2D eigenvalue weighted by atomic mass is 32.2. The van der Waals surface area contributed by atoms with Crippen LogP contribution in [0.25, 0.3) is 21.9 Å². The van der Waals surface area contributed by atoms with Crippen LogP contribution in [0.15, 0.2) is 89.8 Å². The van der Waals surface area contributed by atoms with Gasteiger partial charge in [0.25, 0.3) is 5.91 Å². The molecule has 2 N–H and O–H groups in total. The van der Waals surface area contributed by atoms with E-state index in [1.54, 1.807) is 23.5 Å². The molecule has 1 atom stereocenters. The van der Waals surface area contributed by atoms with Gasteiger partial charge in [0.1, 0.15) is 6.04 Å². The molecule has 0 radical (unpaired) electrons. The fourth-order valence-corrected chi connectivity index (χ4v) is 5.49. The van der Waals surface area contributed by atoms with Crippen molar-refractivity contribution in [1.82, 2.24) is 5.32 Å². The first kappa shape index (κ1) is 25.9. The lowest BCUT2D eigenvalue weighted by Crippen LogP contribution is -2.41. The number of aliphatic carboxylic acids is 1. The molecule has 0 aliphatic heterocycles. The molecule has 0 saturated carbocycles. The quantitative estimate of drug-likeness (QED) is 0.222. The Labute approximate surface area is 220 Å². The molecule has 1 amide bonds. The van der Waals surface area contributed by atoms with Gasteiger partial charge in [0.15, 0.2) is 0 Å². The summed E-state index contributed by atoms with van der Waals surface area (Å²) in [5.41, 5.74) is 4.43. The summed E-state index contributed by atoms with van der Waals surface area (Å²) in [4.78, 5) is 26.2. The van der Waals surface area contributed by atoms with Crippen LogP contribution in [0.2, 0.25) is 0 Å². The third kappa shape index (κ3) is 6.31. The van der Waals surface area contributed by atoms with Crippen LogP contribution in [0, 0.1) is 6.92 Å². The van der Waals surface area contributed by atoms with E-state index in [1.165, 1.54) is 15.7 Å². The molecular weight excluding hydrogens is 486 g/mol. The molecule has 4 rings (SSSR count). The highest BCUT2D eigenvalue weighted by Crippen LogP contribution is 2.32. The Morgan fingerprint density at radius 3 is 2.39 bits per heavy atom. The number of amides is 1. The number of fused-ring (bicyclic) bond motifs is 1. The number of hydrogen-bond donors (Lipinski definition) is 2. The van der Waals surface area contributed by atoms with E-state index in [2.05, 4.69) is 41.7 Å². The number of carboxylic acid groups (broad SMARTS) is 1. The zero-order valence-electron chi connectivity index (χ0n) is 20.4. The Hall–Kier alpha value is -3.22. The summed E-state index contributed by atoms with van der Waals surface area (Å²) >= 11 is 3.32. The van der Waals surface area contributed by atoms with Crippen LogP contribution in [0.5, 0.6) is 0 Å². The molecule has 4 aromatic rings.